The summed E-state index contributed by atoms with van der Waals surface area (Å²) in [6.07, 6.45) is 4.65. The summed E-state index contributed by atoms with van der Waals surface area (Å²) in [5.74, 6) is 0. The summed E-state index contributed by atoms with van der Waals surface area (Å²) in [5.41, 5.74) is 11.6. The highest BCUT2D eigenvalue weighted by Crippen LogP contribution is 2.50. The topological polar surface area (TPSA) is 41.8 Å². The summed E-state index contributed by atoms with van der Waals surface area (Å²) in [5, 5.41) is 1.41. The molecule has 2 nitrogen and oxygen atoms in total. The van der Waals surface area contributed by atoms with Crippen molar-refractivity contribution in [3.63, 3.8) is 0 Å². The molecule has 3 rings (SSSR count). The van der Waals surface area contributed by atoms with Crippen LogP contribution in [0.3, 0.4) is 0 Å². The molecule has 0 amide bonds. The van der Waals surface area contributed by atoms with Crippen molar-refractivity contribution in [2.75, 3.05) is 6.54 Å². The maximum Gasteiger partial charge on any atom is 0.0489 e. The van der Waals surface area contributed by atoms with Crippen LogP contribution >= 0.6 is 0 Å². The molecule has 84 valence electrons. The number of H-pyrrole nitrogens is 1. The Morgan fingerprint density at radius 3 is 2.56 bits per heavy atom. The molecule has 1 aliphatic rings. The Balaban J connectivity index is 2.31. The van der Waals surface area contributed by atoms with E-state index < -0.39 is 0 Å². The van der Waals surface area contributed by atoms with Crippen LogP contribution < -0.4 is 5.73 Å². The fourth-order valence-electron chi connectivity index (χ4n) is 2.71. The second-order valence-corrected chi connectivity index (χ2v) is 5.14. The lowest BCUT2D eigenvalue weighted by molar-refractivity contribution is 0.710. The molecule has 1 saturated carbocycles. The van der Waals surface area contributed by atoms with Gasteiger partial charge in [0.15, 0.2) is 0 Å². The molecule has 3 N–H and O–H groups in total. The van der Waals surface area contributed by atoms with Gasteiger partial charge in [-0.05, 0) is 43.4 Å². The van der Waals surface area contributed by atoms with Gasteiger partial charge in [-0.3, -0.25) is 0 Å². The minimum Gasteiger partial charge on any atom is -0.361 e. The molecule has 0 unspecified atom stereocenters. The van der Waals surface area contributed by atoms with Crippen molar-refractivity contribution in [1.82, 2.24) is 4.98 Å². The van der Waals surface area contributed by atoms with E-state index in [1.54, 1.807) is 0 Å². The van der Waals surface area contributed by atoms with E-state index in [0.717, 1.165) is 6.54 Å². The Kier molecular flexibility index (Phi) is 1.93. The molecule has 1 fully saturated rings. The van der Waals surface area contributed by atoms with Gasteiger partial charge >= 0.3 is 0 Å². The van der Waals surface area contributed by atoms with Gasteiger partial charge in [0.2, 0.25) is 0 Å². The quantitative estimate of drug-likeness (QED) is 0.793. The molecular formula is C14H18N2. The van der Waals surface area contributed by atoms with Gasteiger partial charge in [0.1, 0.15) is 0 Å². The fourth-order valence-corrected chi connectivity index (χ4v) is 2.71. The van der Waals surface area contributed by atoms with Gasteiger partial charge in [-0.2, -0.15) is 0 Å². The predicted octanol–water partition coefficient (Wildman–Crippen LogP) is 2.78. The predicted molar refractivity (Wildman–Crippen MR) is 67.7 cm³/mol. The lowest BCUT2D eigenvalue weighted by Crippen LogP contribution is -2.19. The Morgan fingerprint density at radius 1 is 1.25 bits per heavy atom. The molecule has 1 aromatic carbocycles. The third-order valence-electron chi connectivity index (χ3n) is 4.07. The van der Waals surface area contributed by atoms with Crippen molar-refractivity contribution in [1.29, 1.82) is 0 Å². The maximum absolute atomic E-state index is 5.93. The van der Waals surface area contributed by atoms with Crippen molar-refractivity contribution in [3.8, 4) is 0 Å². The van der Waals surface area contributed by atoms with Crippen LogP contribution in [0.4, 0.5) is 0 Å². The summed E-state index contributed by atoms with van der Waals surface area (Å²) < 4.78 is 0. The lowest BCUT2D eigenvalue weighted by atomic mass is 9.93. The van der Waals surface area contributed by atoms with Gasteiger partial charge in [-0.25, -0.2) is 0 Å². The van der Waals surface area contributed by atoms with Crippen LogP contribution in [-0.4, -0.2) is 11.5 Å². The number of aryl methyl sites for hydroxylation is 2. The molecule has 1 aliphatic carbocycles. The van der Waals surface area contributed by atoms with Crippen LogP contribution in [0.1, 0.15) is 29.5 Å². The van der Waals surface area contributed by atoms with Gasteiger partial charge in [0.25, 0.3) is 0 Å². The molecular weight excluding hydrogens is 196 g/mol. The molecule has 2 aromatic rings. The lowest BCUT2D eigenvalue weighted by Gasteiger charge is -2.12. The fraction of sp³-hybridized carbons (Fsp3) is 0.429. The minimum atomic E-state index is 0.275. The average Bonchev–Trinajstić information content (AvgIpc) is 2.95. The van der Waals surface area contributed by atoms with Crippen LogP contribution in [-0.2, 0) is 5.41 Å². The third kappa shape index (κ3) is 1.17. The van der Waals surface area contributed by atoms with E-state index in [1.165, 1.54) is 40.4 Å². The normalized spacial score (nSPS) is 17.9. The molecule has 0 bridgehead atoms. The maximum atomic E-state index is 5.93. The Bertz CT molecular complexity index is 547. The molecule has 0 spiro atoms. The van der Waals surface area contributed by atoms with Gasteiger partial charge in [-0.1, -0.05) is 12.1 Å². The number of nitrogens with two attached hydrogens (primary N) is 1. The SMILES string of the molecule is Cc1ccc(C)c2c(C3(CN)CC3)c[nH]c12. The number of benzene rings is 1. The number of rotatable bonds is 2. The third-order valence-corrected chi connectivity index (χ3v) is 4.07. The number of aromatic amines is 1. The van der Waals surface area contributed by atoms with Gasteiger partial charge in [0, 0.05) is 29.1 Å². The van der Waals surface area contributed by atoms with Crippen LogP contribution in [0.2, 0.25) is 0 Å². The first-order valence-corrected chi connectivity index (χ1v) is 5.96. The molecule has 0 saturated heterocycles. The van der Waals surface area contributed by atoms with Gasteiger partial charge in [0.05, 0.1) is 0 Å². The van der Waals surface area contributed by atoms with Crippen LogP contribution in [0, 0.1) is 13.8 Å². The van der Waals surface area contributed by atoms with E-state index in [4.69, 9.17) is 5.73 Å². The average molecular weight is 214 g/mol. The van der Waals surface area contributed by atoms with E-state index in [0.29, 0.717) is 0 Å². The minimum absolute atomic E-state index is 0.275. The number of aromatic nitrogens is 1. The first-order chi connectivity index (χ1) is 7.68. The van der Waals surface area contributed by atoms with E-state index in [2.05, 4.69) is 37.2 Å². The molecule has 0 atom stereocenters. The van der Waals surface area contributed by atoms with E-state index >= 15 is 0 Å². The first kappa shape index (κ1) is 9.91. The van der Waals surface area contributed by atoms with E-state index in [-0.39, 0.29) is 5.41 Å². The standard InChI is InChI=1S/C14H18N2/c1-9-3-4-10(2)13-12(9)11(7-16-13)14(8-15)5-6-14/h3-4,7,16H,5-6,8,15H2,1-2H3. The molecule has 1 heterocycles. The van der Waals surface area contributed by atoms with Crippen molar-refractivity contribution in [2.24, 2.45) is 5.73 Å². The van der Waals surface area contributed by atoms with Crippen molar-refractivity contribution < 1.29 is 0 Å². The van der Waals surface area contributed by atoms with Crippen molar-refractivity contribution in [3.05, 3.63) is 35.0 Å². The zero-order chi connectivity index (χ0) is 11.3. The highest BCUT2D eigenvalue weighted by atomic mass is 14.7. The van der Waals surface area contributed by atoms with Crippen molar-refractivity contribution in [2.45, 2.75) is 32.1 Å². The summed E-state index contributed by atoms with van der Waals surface area (Å²) in [6, 6.07) is 4.39. The van der Waals surface area contributed by atoms with E-state index in [9.17, 15) is 0 Å². The molecule has 0 aliphatic heterocycles. The van der Waals surface area contributed by atoms with Gasteiger partial charge < -0.3 is 10.7 Å². The summed E-state index contributed by atoms with van der Waals surface area (Å²) >= 11 is 0. The number of hydrogen-bond acceptors (Lipinski definition) is 1. The molecule has 16 heavy (non-hydrogen) atoms. The van der Waals surface area contributed by atoms with Crippen LogP contribution in [0.5, 0.6) is 0 Å². The zero-order valence-electron chi connectivity index (χ0n) is 9.93. The second kappa shape index (κ2) is 3.11. The van der Waals surface area contributed by atoms with Crippen LogP contribution in [0.15, 0.2) is 18.3 Å². The largest absolute Gasteiger partial charge is 0.361 e. The first-order valence-electron chi connectivity index (χ1n) is 5.96. The number of nitrogens with one attached hydrogen (secondary N) is 1. The monoisotopic (exact) mass is 214 g/mol. The summed E-state index contributed by atoms with van der Waals surface area (Å²) in [6.45, 7) is 5.11. The Labute approximate surface area is 95.8 Å². The van der Waals surface area contributed by atoms with E-state index in [1.807, 2.05) is 0 Å². The van der Waals surface area contributed by atoms with Gasteiger partial charge in [-0.15, -0.1) is 0 Å². The summed E-state index contributed by atoms with van der Waals surface area (Å²) in [7, 11) is 0. The molecule has 0 radical (unpaired) electrons. The number of hydrogen-bond donors (Lipinski definition) is 2. The van der Waals surface area contributed by atoms with Crippen molar-refractivity contribution >= 4 is 10.9 Å². The summed E-state index contributed by atoms with van der Waals surface area (Å²) in [4.78, 5) is 3.42. The Hall–Kier alpha value is -1.28. The number of fused-ring (bicyclic) bond motifs is 1. The zero-order valence-corrected chi connectivity index (χ0v) is 9.93. The van der Waals surface area contributed by atoms with Crippen LogP contribution in [0.25, 0.3) is 10.9 Å². The molecule has 2 heteroatoms. The highest BCUT2D eigenvalue weighted by Gasteiger charge is 2.44. The highest BCUT2D eigenvalue weighted by molar-refractivity contribution is 5.90. The second-order valence-electron chi connectivity index (χ2n) is 5.14. The molecule has 1 aromatic heterocycles. The smallest absolute Gasteiger partial charge is 0.0489 e. The Morgan fingerprint density at radius 2 is 1.94 bits per heavy atom.